The zero-order valence-corrected chi connectivity index (χ0v) is 18.4. The lowest BCUT2D eigenvalue weighted by Gasteiger charge is -2.37. The van der Waals surface area contributed by atoms with Gasteiger partial charge in [0.05, 0.1) is 18.0 Å². The second-order valence-corrected chi connectivity index (χ2v) is 7.90. The summed E-state index contributed by atoms with van der Waals surface area (Å²) in [5, 5.41) is 0. The summed E-state index contributed by atoms with van der Waals surface area (Å²) in [5.41, 5.74) is 5.98. The third-order valence-electron chi connectivity index (χ3n) is 5.54. The molecule has 1 atom stereocenters. The Bertz CT molecular complexity index is 973. The first-order valence-electron chi connectivity index (χ1n) is 10.5. The van der Waals surface area contributed by atoms with Gasteiger partial charge in [0.2, 0.25) is 5.91 Å². The van der Waals surface area contributed by atoms with Crippen LogP contribution in [0.4, 0.5) is 0 Å². The zero-order valence-electron chi connectivity index (χ0n) is 18.4. The van der Waals surface area contributed by atoms with Crippen molar-refractivity contribution in [3.8, 4) is 0 Å². The van der Waals surface area contributed by atoms with E-state index in [0.717, 1.165) is 22.3 Å². The molecule has 1 aromatic carbocycles. The van der Waals surface area contributed by atoms with E-state index in [0.29, 0.717) is 29.8 Å². The van der Waals surface area contributed by atoms with Crippen molar-refractivity contribution in [1.29, 1.82) is 0 Å². The second kappa shape index (κ2) is 8.82. The monoisotopic (exact) mass is 407 g/mol. The molecule has 0 saturated heterocycles. The molecule has 0 bridgehead atoms. The average Bonchev–Trinajstić information content (AvgIpc) is 2.67. The minimum Gasteiger partial charge on any atom is -0.465 e. The fraction of sp³-hybridized carbons (Fsp3) is 0.400. The summed E-state index contributed by atoms with van der Waals surface area (Å²) in [5.74, 6) is -1.95. The van der Waals surface area contributed by atoms with Gasteiger partial charge in [0.1, 0.15) is 5.92 Å². The normalized spacial score (nSPS) is 18.3. The van der Waals surface area contributed by atoms with E-state index >= 15 is 0 Å². The largest absolute Gasteiger partial charge is 0.465 e. The lowest BCUT2D eigenvalue weighted by atomic mass is 9.85. The Balaban J connectivity index is 2.18. The Morgan fingerprint density at radius 2 is 1.80 bits per heavy atom. The number of amides is 1. The molecule has 2 aliphatic heterocycles. The van der Waals surface area contributed by atoms with Gasteiger partial charge in [-0.2, -0.15) is 0 Å². The number of hydrogen-bond donors (Lipinski definition) is 0. The molecule has 3 rings (SSSR count). The lowest BCUT2D eigenvalue weighted by molar-refractivity contribution is -0.154. The predicted molar refractivity (Wildman–Crippen MR) is 116 cm³/mol. The number of nitrogens with zero attached hydrogens (tertiary/aromatic N) is 1. The summed E-state index contributed by atoms with van der Waals surface area (Å²) >= 11 is 0. The van der Waals surface area contributed by atoms with Crippen molar-refractivity contribution in [3.05, 3.63) is 63.9 Å². The number of ether oxygens (including phenoxy) is 1. The fourth-order valence-corrected chi connectivity index (χ4v) is 4.37. The zero-order chi connectivity index (χ0) is 22.0. The van der Waals surface area contributed by atoms with Crippen LogP contribution in [0.5, 0.6) is 0 Å². The molecule has 158 valence electrons. The summed E-state index contributed by atoms with van der Waals surface area (Å²) in [4.78, 5) is 40.5. The highest BCUT2D eigenvalue weighted by Gasteiger charge is 2.43. The molecule has 1 aromatic rings. The predicted octanol–water partition coefficient (Wildman–Crippen LogP) is 4.56. The number of hydrogen-bond acceptors (Lipinski definition) is 4. The number of carbonyl (C=O) groups excluding carboxylic acids is 3. The number of aryl methyl sites for hydroxylation is 3. The number of carbonyl (C=O) groups is 3. The van der Waals surface area contributed by atoms with Gasteiger partial charge in [0.15, 0.2) is 5.78 Å². The SMILES string of the molecule is CCCC(=O)C1=C2C=CC=C(c3c(C)cc(C)cc3C)N2C(=O)C(C(=O)OCC)C1. The highest BCUT2D eigenvalue weighted by molar-refractivity contribution is 6.09. The van der Waals surface area contributed by atoms with Gasteiger partial charge in [-0.15, -0.1) is 0 Å². The molecule has 0 aliphatic carbocycles. The molecule has 1 amide bonds. The van der Waals surface area contributed by atoms with Crippen LogP contribution in [0.25, 0.3) is 5.70 Å². The van der Waals surface area contributed by atoms with Crippen molar-refractivity contribution < 1.29 is 19.1 Å². The molecule has 5 heteroatoms. The van der Waals surface area contributed by atoms with Crippen molar-refractivity contribution >= 4 is 23.4 Å². The maximum Gasteiger partial charge on any atom is 0.318 e. The molecule has 5 nitrogen and oxygen atoms in total. The molecule has 0 saturated carbocycles. The smallest absolute Gasteiger partial charge is 0.318 e. The van der Waals surface area contributed by atoms with Crippen LogP contribution in [0, 0.1) is 26.7 Å². The van der Waals surface area contributed by atoms with Crippen LogP contribution in [-0.2, 0) is 19.1 Å². The van der Waals surface area contributed by atoms with E-state index in [9.17, 15) is 14.4 Å². The van der Waals surface area contributed by atoms with Gasteiger partial charge in [-0.05, 0) is 57.4 Å². The maximum atomic E-state index is 13.5. The molecule has 2 aliphatic rings. The number of fused-ring (bicyclic) bond motifs is 1. The minimum absolute atomic E-state index is 0.0254. The lowest BCUT2D eigenvalue weighted by Crippen LogP contribution is -2.44. The number of Topliss-reactive ketones (excluding diaryl/α,β-unsaturated/α-hetero) is 1. The van der Waals surface area contributed by atoms with E-state index < -0.39 is 11.9 Å². The first-order valence-corrected chi connectivity index (χ1v) is 10.5. The number of esters is 1. The van der Waals surface area contributed by atoms with E-state index in [1.165, 1.54) is 0 Å². The summed E-state index contributed by atoms with van der Waals surface area (Å²) in [7, 11) is 0. The van der Waals surface area contributed by atoms with Gasteiger partial charge >= 0.3 is 5.97 Å². The maximum absolute atomic E-state index is 13.5. The Kier molecular flexibility index (Phi) is 6.40. The van der Waals surface area contributed by atoms with Gasteiger partial charge in [-0.1, -0.05) is 30.7 Å². The van der Waals surface area contributed by atoms with Crippen LogP contribution in [0.15, 0.2) is 41.6 Å². The summed E-state index contributed by atoms with van der Waals surface area (Å²) in [6.07, 6.45) is 6.72. The second-order valence-electron chi connectivity index (χ2n) is 7.90. The molecule has 0 fully saturated rings. The average molecular weight is 408 g/mol. The van der Waals surface area contributed by atoms with E-state index in [4.69, 9.17) is 4.74 Å². The van der Waals surface area contributed by atoms with Crippen LogP contribution in [0.1, 0.15) is 55.4 Å². The van der Waals surface area contributed by atoms with E-state index in [-0.39, 0.29) is 24.7 Å². The van der Waals surface area contributed by atoms with E-state index in [1.54, 1.807) is 17.9 Å². The van der Waals surface area contributed by atoms with Crippen molar-refractivity contribution in [2.75, 3.05) is 6.61 Å². The van der Waals surface area contributed by atoms with Crippen LogP contribution in [0.3, 0.4) is 0 Å². The number of ketones is 1. The summed E-state index contributed by atoms with van der Waals surface area (Å²) in [6.45, 7) is 9.91. The molecule has 1 unspecified atom stereocenters. The topological polar surface area (TPSA) is 63.7 Å². The highest BCUT2D eigenvalue weighted by Crippen LogP contribution is 2.40. The van der Waals surface area contributed by atoms with E-state index in [2.05, 4.69) is 12.1 Å². The van der Waals surface area contributed by atoms with Crippen LogP contribution in [-0.4, -0.2) is 29.2 Å². The molecule has 0 aromatic heterocycles. The quantitative estimate of drug-likeness (QED) is 0.512. The molecule has 0 N–H and O–H groups in total. The molecular formula is C25H29NO4. The Labute approximate surface area is 178 Å². The van der Waals surface area contributed by atoms with Gasteiger partial charge in [-0.25, -0.2) is 0 Å². The van der Waals surface area contributed by atoms with Gasteiger partial charge < -0.3 is 4.74 Å². The molecule has 2 heterocycles. The molecular weight excluding hydrogens is 378 g/mol. The first kappa shape index (κ1) is 21.8. The van der Waals surface area contributed by atoms with Crippen molar-refractivity contribution in [1.82, 2.24) is 4.90 Å². The van der Waals surface area contributed by atoms with Crippen LogP contribution < -0.4 is 0 Å². The fourth-order valence-electron chi connectivity index (χ4n) is 4.37. The summed E-state index contributed by atoms with van der Waals surface area (Å²) < 4.78 is 5.17. The highest BCUT2D eigenvalue weighted by atomic mass is 16.5. The number of benzene rings is 1. The van der Waals surface area contributed by atoms with Crippen molar-refractivity contribution in [3.63, 3.8) is 0 Å². The van der Waals surface area contributed by atoms with Crippen molar-refractivity contribution in [2.45, 2.75) is 53.9 Å². The first-order chi connectivity index (χ1) is 14.3. The van der Waals surface area contributed by atoms with Gasteiger partial charge in [0, 0.05) is 24.0 Å². The Morgan fingerprint density at radius 3 is 2.40 bits per heavy atom. The number of rotatable bonds is 6. The molecule has 0 spiro atoms. The molecule has 0 radical (unpaired) electrons. The minimum atomic E-state index is -1.01. The Morgan fingerprint density at radius 1 is 1.13 bits per heavy atom. The van der Waals surface area contributed by atoms with Crippen LogP contribution >= 0.6 is 0 Å². The van der Waals surface area contributed by atoms with Gasteiger partial charge in [0.25, 0.3) is 0 Å². The Hall–Kier alpha value is -2.95. The third-order valence-corrected chi connectivity index (χ3v) is 5.54. The van der Waals surface area contributed by atoms with Gasteiger partial charge in [-0.3, -0.25) is 19.3 Å². The number of allylic oxidation sites excluding steroid dienone is 4. The standard InChI is InChI=1S/C25H29NO4/c1-6-9-22(27)18-14-19(25(29)30-7-2)24(28)26-20(18)10-8-11-21(26)23-16(4)12-15(3)13-17(23)5/h8,10-13,19H,6-7,9,14H2,1-5H3. The van der Waals surface area contributed by atoms with E-state index in [1.807, 2.05) is 39.8 Å². The van der Waals surface area contributed by atoms with Crippen LogP contribution in [0.2, 0.25) is 0 Å². The summed E-state index contributed by atoms with van der Waals surface area (Å²) in [6, 6.07) is 4.15. The molecule has 30 heavy (non-hydrogen) atoms. The van der Waals surface area contributed by atoms with Crippen molar-refractivity contribution in [2.24, 2.45) is 5.92 Å². The third kappa shape index (κ3) is 3.89.